The maximum Gasteiger partial charge on any atom is 0.145 e. The van der Waals surface area contributed by atoms with Crippen molar-refractivity contribution in [3.63, 3.8) is 0 Å². The van der Waals surface area contributed by atoms with Crippen molar-refractivity contribution in [2.24, 2.45) is 0 Å². The van der Waals surface area contributed by atoms with Crippen LogP contribution in [0.25, 0.3) is 21.8 Å². The summed E-state index contributed by atoms with van der Waals surface area (Å²) in [6.07, 6.45) is 0.873. The molecule has 2 aromatic carbocycles. The average molecular weight is 252 g/mol. The van der Waals surface area contributed by atoms with Gasteiger partial charge in [0.1, 0.15) is 5.75 Å². The second kappa shape index (κ2) is 4.43. The molecule has 0 saturated heterocycles. The molecule has 0 fully saturated rings. The third-order valence-corrected chi connectivity index (χ3v) is 3.48. The summed E-state index contributed by atoms with van der Waals surface area (Å²) in [5.41, 5.74) is 9.91. The molecule has 0 aliphatic rings. The first kappa shape index (κ1) is 11.8. The number of hydrogen-bond donors (Lipinski definition) is 1. The largest absolute Gasteiger partial charge is 0.494 e. The van der Waals surface area contributed by atoms with E-state index in [1.807, 2.05) is 24.3 Å². The number of ether oxygens (including phenoxy) is 1. The maximum atomic E-state index is 6.23. The zero-order valence-electron chi connectivity index (χ0n) is 11.1. The molecule has 2 N–H and O–H groups in total. The smallest absolute Gasteiger partial charge is 0.145 e. The predicted molar refractivity (Wildman–Crippen MR) is 79.6 cm³/mol. The van der Waals surface area contributed by atoms with Crippen molar-refractivity contribution < 1.29 is 4.74 Å². The van der Waals surface area contributed by atoms with Gasteiger partial charge in [0.2, 0.25) is 0 Å². The molecule has 0 atom stereocenters. The first-order valence-corrected chi connectivity index (χ1v) is 6.39. The Morgan fingerprint density at radius 3 is 2.68 bits per heavy atom. The molecule has 3 aromatic rings. The highest BCUT2D eigenvalue weighted by Crippen LogP contribution is 2.35. The van der Waals surface area contributed by atoms with Gasteiger partial charge in [-0.25, -0.2) is 4.98 Å². The molecule has 0 bridgehead atoms. The minimum absolute atomic E-state index is 0.676. The number of nitrogens with two attached hydrogens (primary N) is 1. The molecule has 19 heavy (non-hydrogen) atoms. The molecule has 0 spiro atoms. The molecule has 3 rings (SSSR count). The second-order valence-corrected chi connectivity index (χ2v) is 4.58. The van der Waals surface area contributed by atoms with Crippen molar-refractivity contribution in [2.75, 3.05) is 12.8 Å². The Hall–Kier alpha value is -2.29. The highest BCUT2D eigenvalue weighted by atomic mass is 16.5. The van der Waals surface area contributed by atoms with Crippen LogP contribution in [0.2, 0.25) is 0 Å². The fourth-order valence-electron chi connectivity index (χ4n) is 2.49. The van der Waals surface area contributed by atoms with Gasteiger partial charge in [-0.3, -0.25) is 0 Å². The number of nitrogens with zero attached hydrogens (tertiary/aromatic N) is 1. The van der Waals surface area contributed by atoms with E-state index in [9.17, 15) is 0 Å². The third-order valence-electron chi connectivity index (χ3n) is 3.48. The monoisotopic (exact) mass is 252 g/mol. The van der Waals surface area contributed by atoms with Crippen LogP contribution in [-0.4, -0.2) is 12.1 Å². The molecule has 3 heteroatoms. The fourth-order valence-corrected chi connectivity index (χ4v) is 2.49. The lowest BCUT2D eigenvalue weighted by Crippen LogP contribution is -1.99. The Kier molecular flexibility index (Phi) is 2.75. The average Bonchev–Trinajstić information content (AvgIpc) is 2.45. The molecular formula is C16H16N2O. The van der Waals surface area contributed by atoms with Crippen LogP contribution in [0.1, 0.15) is 12.5 Å². The number of hydrogen-bond acceptors (Lipinski definition) is 3. The van der Waals surface area contributed by atoms with Crippen LogP contribution in [0.15, 0.2) is 36.4 Å². The fraction of sp³-hybridized carbons (Fsp3) is 0.188. The Bertz CT molecular complexity index is 765. The lowest BCUT2D eigenvalue weighted by Gasteiger charge is -2.13. The van der Waals surface area contributed by atoms with Gasteiger partial charge in [-0.15, -0.1) is 0 Å². The molecule has 1 heterocycles. The molecule has 0 saturated carbocycles. The van der Waals surface area contributed by atoms with E-state index in [0.717, 1.165) is 39.5 Å². The number of benzene rings is 2. The van der Waals surface area contributed by atoms with Crippen LogP contribution in [0.3, 0.4) is 0 Å². The van der Waals surface area contributed by atoms with Gasteiger partial charge < -0.3 is 10.5 Å². The molecule has 0 amide bonds. The summed E-state index contributed by atoms with van der Waals surface area (Å²) in [6.45, 7) is 2.09. The van der Waals surface area contributed by atoms with Crippen molar-refractivity contribution >= 4 is 27.5 Å². The Morgan fingerprint density at radius 2 is 1.95 bits per heavy atom. The first-order chi connectivity index (χ1) is 9.24. The molecule has 1 aromatic heterocycles. The van der Waals surface area contributed by atoms with Gasteiger partial charge in [0.15, 0.2) is 0 Å². The number of aromatic nitrogens is 1. The summed E-state index contributed by atoms with van der Waals surface area (Å²) < 4.78 is 5.43. The highest BCUT2D eigenvalue weighted by Gasteiger charge is 2.12. The summed E-state index contributed by atoms with van der Waals surface area (Å²) in [5.74, 6) is 0.770. The number of para-hydroxylation sites is 1. The maximum absolute atomic E-state index is 6.23. The third kappa shape index (κ3) is 1.78. The number of pyridine rings is 1. The number of anilines is 1. The topological polar surface area (TPSA) is 48.1 Å². The number of methoxy groups -OCH3 is 1. The number of rotatable bonds is 2. The van der Waals surface area contributed by atoms with Gasteiger partial charge >= 0.3 is 0 Å². The first-order valence-electron chi connectivity index (χ1n) is 6.39. The lowest BCUT2D eigenvalue weighted by molar-refractivity contribution is 0.413. The molecule has 0 aliphatic heterocycles. The van der Waals surface area contributed by atoms with Crippen molar-refractivity contribution in [1.29, 1.82) is 0 Å². The molecular weight excluding hydrogens is 236 g/mol. The summed E-state index contributed by atoms with van der Waals surface area (Å²) >= 11 is 0. The van der Waals surface area contributed by atoms with E-state index < -0.39 is 0 Å². The predicted octanol–water partition coefficient (Wildman–Crippen LogP) is 3.54. The lowest BCUT2D eigenvalue weighted by atomic mass is 10.0. The van der Waals surface area contributed by atoms with Gasteiger partial charge in [-0.1, -0.05) is 25.1 Å². The van der Waals surface area contributed by atoms with Crippen molar-refractivity contribution in [2.45, 2.75) is 13.3 Å². The van der Waals surface area contributed by atoms with E-state index in [0.29, 0.717) is 5.69 Å². The Balaban J connectivity index is 2.44. The zero-order valence-corrected chi connectivity index (χ0v) is 11.1. The second-order valence-electron chi connectivity index (χ2n) is 4.58. The van der Waals surface area contributed by atoms with Gasteiger partial charge in [0.05, 0.1) is 23.8 Å². The number of nitrogen functional groups attached to an aromatic ring is 1. The standard InChI is InChI=1S/C16H16N2O/c1-3-10-9-14-12(15(17)16(10)19-2)8-11-6-4-5-7-13(11)18-14/h4-9H,3,17H2,1-2H3. The van der Waals surface area contributed by atoms with E-state index >= 15 is 0 Å². The van der Waals surface area contributed by atoms with Gasteiger partial charge in [-0.05, 0) is 30.2 Å². The van der Waals surface area contributed by atoms with Gasteiger partial charge in [0, 0.05) is 10.8 Å². The van der Waals surface area contributed by atoms with E-state index in [1.54, 1.807) is 7.11 Å². The Labute approximate surface area is 112 Å². The minimum atomic E-state index is 0.676. The summed E-state index contributed by atoms with van der Waals surface area (Å²) in [4.78, 5) is 4.69. The number of fused-ring (bicyclic) bond motifs is 2. The van der Waals surface area contributed by atoms with E-state index in [-0.39, 0.29) is 0 Å². The summed E-state index contributed by atoms with van der Waals surface area (Å²) in [6, 6.07) is 12.2. The van der Waals surface area contributed by atoms with Crippen LogP contribution in [0.4, 0.5) is 5.69 Å². The van der Waals surface area contributed by atoms with Crippen molar-refractivity contribution in [3.8, 4) is 5.75 Å². The van der Waals surface area contributed by atoms with Crippen LogP contribution in [-0.2, 0) is 6.42 Å². The molecule has 0 radical (unpaired) electrons. The van der Waals surface area contributed by atoms with Gasteiger partial charge in [0.25, 0.3) is 0 Å². The quantitative estimate of drug-likeness (QED) is 0.560. The van der Waals surface area contributed by atoms with Crippen LogP contribution in [0, 0.1) is 0 Å². The number of aryl methyl sites for hydroxylation is 1. The summed E-state index contributed by atoms with van der Waals surface area (Å²) in [7, 11) is 1.66. The summed E-state index contributed by atoms with van der Waals surface area (Å²) in [5, 5.41) is 2.04. The molecule has 3 nitrogen and oxygen atoms in total. The normalized spacial score (nSPS) is 11.1. The SMILES string of the molecule is CCc1cc2nc3ccccc3cc2c(N)c1OC. The van der Waals surface area contributed by atoms with Crippen molar-refractivity contribution in [3.05, 3.63) is 42.0 Å². The van der Waals surface area contributed by atoms with Crippen molar-refractivity contribution in [1.82, 2.24) is 4.98 Å². The minimum Gasteiger partial charge on any atom is -0.494 e. The van der Waals surface area contributed by atoms with Crippen LogP contribution < -0.4 is 10.5 Å². The highest BCUT2D eigenvalue weighted by molar-refractivity contribution is 6.01. The molecule has 96 valence electrons. The van der Waals surface area contributed by atoms with Gasteiger partial charge in [-0.2, -0.15) is 0 Å². The molecule has 0 aliphatic carbocycles. The molecule has 0 unspecified atom stereocenters. The zero-order chi connectivity index (χ0) is 13.4. The van der Waals surface area contributed by atoms with Crippen LogP contribution in [0.5, 0.6) is 5.75 Å². The van der Waals surface area contributed by atoms with Crippen LogP contribution >= 0.6 is 0 Å². The Morgan fingerprint density at radius 1 is 1.16 bits per heavy atom. The van der Waals surface area contributed by atoms with E-state index in [1.165, 1.54) is 0 Å². The van der Waals surface area contributed by atoms with E-state index in [2.05, 4.69) is 24.0 Å². The van der Waals surface area contributed by atoms with E-state index in [4.69, 9.17) is 10.5 Å².